The molecule has 0 radical (unpaired) electrons. The Balaban J connectivity index is 1.08. The van der Waals surface area contributed by atoms with E-state index in [1.807, 2.05) is 36.4 Å². The second-order valence-electron chi connectivity index (χ2n) is 12.9. The molecule has 1 aliphatic heterocycles. The predicted molar refractivity (Wildman–Crippen MR) is 184 cm³/mol. The highest BCUT2D eigenvalue weighted by Gasteiger charge is 2.45. The largest absolute Gasteiger partial charge is 0.348 e. The number of fused-ring (bicyclic) bond motifs is 2. The van der Waals surface area contributed by atoms with Crippen LogP contribution >= 0.6 is 0 Å². The van der Waals surface area contributed by atoms with E-state index >= 15 is 0 Å². The van der Waals surface area contributed by atoms with Crippen LogP contribution in [0.2, 0.25) is 0 Å². The van der Waals surface area contributed by atoms with Crippen LogP contribution < -0.4 is 10.2 Å². The second-order valence-corrected chi connectivity index (χ2v) is 14.5. The van der Waals surface area contributed by atoms with Gasteiger partial charge in [-0.2, -0.15) is 12.8 Å². The van der Waals surface area contributed by atoms with E-state index in [1.54, 1.807) is 12.1 Å². The van der Waals surface area contributed by atoms with Gasteiger partial charge in [0.05, 0.1) is 24.7 Å². The van der Waals surface area contributed by atoms with E-state index in [0.717, 1.165) is 29.0 Å². The summed E-state index contributed by atoms with van der Waals surface area (Å²) in [4.78, 5) is 50.6. The van der Waals surface area contributed by atoms with E-state index in [0.29, 0.717) is 43.4 Å². The molecule has 3 aromatic heterocycles. The van der Waals surface area contributed by atoms with Gasteiger partial charge in [-0.15, -0.1) is 0 Å². The SMILES string of the molecule is CS(=O)(=O)OCCc1ccc(-c2cccc(N3C(=O)C(C4CCC(NC(=O)c5cn6cc(F)ccc6n5)CC4)C(=O)c4cc(F)ncc43)c2)cc1. The Hall–Kier alpha value is -5.34. The minimum absolute atomic E-state index is 0.0290. The maximum atomic E-state index is 14.4. The van der Waals surface area contributed by atoms with Gasteiger partial charge in [0.25, 0.3) is 16.0 Å². The van der Waals surface area contributed by atoms with Crippen molar-refractivity contribution in [1.29, 1.82) is 0 Å². The fourth-order valence-electron chi connectivity index (χ4n) is 6.95. The lowest BCUT2D eigenvalue weighted by Gasteiger charge is -2.39. The predicted octanol–water partition coefficient (Wildman–Crippen LogP) is 5.66. The molecule has 51 heavy (non-hydrogen) atoms. The molecule has 0 bridgehead atoms. The number of amides is 2. The number of nitrogens with zero attached hydrogens (tertiary/aromatic N) is 4. The topological polar surface area (TPSA) is 140 Å². The normalized spacial score (nSPS) is 19.3. The molecule has 2 amide bonds. The van der Waals surface area contributed by atoms with Gasteiger partial charge in [0.1, 0.15) is 23.1 Å². The van der Waals surface area contributed by atoms with E-state index in [-0.39, 0.29) is 35.5 Å². The van der Waals surface area contributed by atoms with E-state index in [1.165, 1.54) is 40.0 Å². The molecule has 4 heterocycles. The quantitative estimate of drug-likeness (QED) is 0.117. The first kappa shape index (κ1) is 34.1. The molecule has 1 N–H and O–H groups in total. The number of anilines is 2. The third-order valence-corrected chi connectivity index (χ3v) is 10.0. The van der Waals surface area contributed by atoms with Crippen LogP contribution in [0.4, 0.5) is 20.2 Å². The van der Waals surface area contributed by atoms with Crippen molar-refractivity contribution in [2.24, 2.45) is 11.8 Å². The number of Topliss-reactive ketones (excluding diaryl/α,β-unsaturated/α-hetero) is 1. The number of pyridine rings is 2. The van der Waals surface area contributed by atoms with Gasteiger partial charge < -0.3 is 9.72 Å². The molecule has 0 saturated heterocycles. The number of aromatic nitrogens is 3. The van der Waals surface area contributed by atoms with Crippen molar-refractivity contribution in [1.82, 2.24) is 19.7 Å². The van der Waals surface area contributed by atoms with Gasteiger partial charge in [-0.05, 0) is 79.0 Å². The molecule has 1 atom stereocenters. The molecule has 0 spiro atoms. The highest BCUT2D eigenvalue weighted by atomic mass is 32.2. The molecule has 2 aromatic carbocycles. The Morgan fingerprint density at radius 1 is 0.961 bits per heavy atom. The Kier molecular flexibility index (Phi) is 9.21. The molecule has 14 heteroatoms. The number of nitrogens with one attached hydrogen (secondary N) is 1. The van der Waals surface area contributed by atoms with Crippen molar-refractivity contribution in [2.75, 3.05) is 17.8 Å². The van der Waals surface area contributed by atoms with Crippen molar-refractivity contribution in [2.45, 2.75) is 38.1 Å². The lowest BCUT2D eigenvalue weighted by molar-refractivity contribution is -0.122. The van der Waals surface area contributed by atoms with Crippen LogP contribution in [0, 0.1) is 23.6 Å². The van der Waals surface area contributed by atoms with Crippen molar-refractivity contribution in [3.05, 3.63) is 114 Å². The first-order valence-corrected chi connectivity index (χ1v) is 18.3. The van der Waals surface area contributed by atoms with Crippen LogP contribution in [0.3, 0.4) is 0 Å². The van der Waals surface area contributed by atoms with Gasteiger partial charge in [0, 0.05) is 35.8 Å². The van der Waals surface area contributed by atoms with Crippen LogP contribution in [0.5, 0.6) is 0 Å². The minimum atomic E-state index is -3.53. The zero-order chi connectivity index (χ0) is 35.9. The summed E-state index contributed by atoms with van der Waals surface area (Å²) in [6.07, 6.45) is 7.29. The summed E-state index contributed by atoms with van der Waals surface area (Å²) in [6.45, 7) is 0.0290. The van der Waals surface area contributed by atoms with Gasteiger partial charge in [-0.1, -0.05) is 36.4 Å². The molecule has 1 fully saturated rings. The van der Waals surface area contributed by atoms with E-state index in [9.17, 15) is 31.6 Å². The van der Waals surface area contributed by atoms with E-state index < -0.39 is 45.4 Å². The fourth-order valence-corrected chi connectivity index (χ4v) is 7.33. The first-order valence-electron chi connectivity index (χ1n) is 16.5. The summed E-state index contributed by atoms with van der Waals surface area (Å²) < 4.78 is 56.9. The number of benzene rings is 2. The maximum Gasteiger partial charge on any atom is 0.271 e. The third kappa shape index (κ3) is 7.28. The van der Waals surface area contributed by atoms with Gasteiger partial charge >= 0.3 is 0 Å². The lowest BCUT2D eigenvalue weighted by Crippen LogP contribution is -2.47. The molecule has 1 unspecified atom stereocenters. The lowest BCUT2D eigenvalue weighted by atomic mass is 9.73. The number of carbonyl (C=O) groups is 3. The molecule has 1 aliphatic carbocycles. The maximum absolute atomic E-state index is 14.4. The zero-order valence-electron chi connectivity index (χ0n) is 27.5. The van der Waals surface area contributed by atoms with Crippen molar-refractivity contribution >= 4 is 44.7 Å². The van der Waals surface area contributed by atoms with Crippen LogP contribution in [0.25, 0.3) is 16.8 Å². The van der Waals surface area contributed by atoms with Crippen molar-refractivity contribution in [3.8, 4) is 11.1 Å². The smallest absolute Gasteiger partial charge is 0.271 e. The Labute approximate surface area is 292 Å². The Morgan fingerprint density at radius 2 is 1.73 bits per heavy atom. The number of hydrogen-bond acceptors (Lipinski definition) is 8. The number of rotatable bonds is 9. The van der Waals surface area contributed by atoms with Crippen LogP contribution in [-0.4, -0.2) is 59.3 Å². The van der Waals surface area contributed by atoms with E-state index in [4.69, 9.17) is 4.18 Å². The van der Waals surface area contributed by atoms with Gasteiger partial charge in [-0.3, -0.25) is 23.5 Å². The van der Waals surface area contributed by atoms with Gasteiger partial charge in [0.15, 0.2) is 5.78 Å². The summed E-state index contributed by atoms with van der Waals surface area (Å²) >= 11 is 0. The molecule has 2 aliphatic rings. The van der Waals surface area contributed by atoms with Gasteiger partial charge in [0.2, 0.25) is 11.9 Å². The first-order chi connectivity index (χ1) is 24.4. The van der Waals surface area contributed by atoms with Gasteiger partial charge in [-0.25, -0.2) is 14.4 Å². The number of ketones is 1. The molecular formula is C37H33F2N5O6S. The van der Waals surface area contributed by atoms with Crippen LogP contribution in [0.1, 0.15) is 52.1 Å². The Bertz CT molecular complexity index is 2270. The molecule has 5 aromatic rings. The van der Waals surface area contributed by atoms with Crippen molar-refractivity contribution < 1.29 is 35.8 Å². The zero-order valence-corrected chi connectivity index (χ0v) is 28.3. The fraction of sp³-hybridized carbons (Fsp3) is 0.270. The Morgan fingerprint density at radius 3 is 2.47 bits per heavy atom. The molecular weight excluding hydrogens is 680 g/mol. The average Bonchev–Trinajstić information content (AvgIpc) is 3.53. The third-order valence-electron chi connectivity index (χ3n) is 9.43. The second kappa shape index (κ2) is 13.8. The summed E-state index contributed by atoms with van der Waals surface area (Å²) in [5.41, 5.74) is 3.88. The van der Waals surface area contributed by atoms with E-state index in [2.05, 4.69) is 15.3 Å². The molecule has 1 saturated carbocycles. The number of halogens is 2. The summed E-state index contributed by atoms with van der Waals surface area (Å²) in [5.74, 6) is -3.95. The monoisotopic (exact) mass is 713 g/mol. The number of imidazole rings is 1. The molecule has 11 nitrogen and oxygen atoms in total. The molecule has 7 rings (SSSR count). The number of carbonyl (C=O) groups excluding carboxylic acids is 3. The summed E-state index contributed by atoms with van der Waals surface area (Å²) in [5, 5.41) is 2.98. The molecule has 262 valence electrons. The van der Waals surface area contributed by atoms with Crippen LogP contribution in [0.15, 0.2) is 85.3 Å². The summed E-state index contributed by atoms with van der Waals surface area (Å²) in [7, 11) is -3.53. The minimum Gasteiger partial charge on any atom is -0.348 e. The summed E-state index contributed by atoms with van der Waals surface area (Å²) in [6, 6.07) is 18.4. The highest BCUT2D eigenvalue weighted by Crippen LogP contribution is 2.43. The van der Waals surface area contributed by atoms with Crippen LogP contribution in [-0.2, 0) is 25.5 Å². The standard InChI is InChI=1S/C37H33F2N5O6S/c1-51(48,49)50-16-15-22-5-7-23(8-6-22)25-3-2-4-28(17-25)44-31-19-40-32(39)18-29(31)35(45)34(37(44)47)24-9-12-27(13-10-24)41-36(46)30-21-43-20-26(38)11-14-33(43)42-30/h2-8,11,14,17-21,24,27,34H,9-10,12-13,15-16H2,1H3,(H,41,46). The van der Waals surface area contributed by atoms with Crippen molar-refractivity contribution in [3.63, 3.8) is 0 Å². The average molecular weight is 714 g/mol. The number of hydrogen-bond donors (Lipinski definition) is 1. The highest BCUT2D eigenvalue weighted by molar-refractivity contribution is 7.85.